The van der Waals surface area contributed by atoms with Gasteiger partial charge >= 0.3 is 0 Å². The predicted molar refractivity (Wildman–Crippen MR) is 103 cm³/mol. The van der Waals surface area contributed by atoms with Crippen LogP contribution in [0.15, 0.2) is 48.8 Å². The topological polar surface area (TPSA) is 59.7 Å². The highest BCUT2D eigenvalue weighted by atomic mass is 32.1. The molecule has 0 saturated carbocycles. The van der Waals surface area contributed by atoms with E-state index in [1.54, 1.807) is 0 Å². The Labute approximate surface area is 152 Å². The van der Waals surface area contributed by atoms with E-state index in [4.69, 9.17) is 12.2 Å². The first-order chi connectivity index (χ1) is 12.1. The van der Waals surface area contributed by atoms with Gasteiger partial charge in [-0.15, -0.1) is 0 Å². The standard InChI is InChI=1S/C18H22N6S/c1-3-23-12-16(11-20-23)10-19-18(25)21-17-9-14(2)24(22-17)13-15-7-5-4-6-8-15/h4-9,11-12H,3,10,13H2,1-2H3,(H2,19,21,22,25). The van der Waals surface area contributed by atoms with E-state index in [2.05, 4.69) is 39.9 Å². The number of hydrogen-bond donors (Lipinski definition) is 2. The summed E-state index contributed by atoms with van der Waals surface area (Å²) in [5.74, 6) is 0.746. The van der Waals surface area contributed by atoms with Crippen molar-refractivity contribution in [2.75, 3.05) is 5.32 Å². The van der Waals surface area contributed by atoms with Gasteiger partial charge in [0.2, 0.25) is 0 Å². The molecule has 0 aliphatic heterocycles. The van der Waals surface area contributed by atoms with Crippen molar-refractivity contribution in [1.29, 1.82) is 0 Å². The molecule has 0 fully saturated rings. The average molecular weight is 354 g/mol. The van der Waals surface area contributed by atoms with E-state index < -0.39 is 0 Å². The summed E-state index contributed by atoms with van der Waals surface area (Å²) in [5.41, 5.74) is 3.39. The van der Waals surface area contributed by atoms with E-state index in [1.165, 1.54) is 5.56 Å². The molecule has 3 rings (SSSR count). The van der Waals surface area contributed by atoms with Crippen molar-refractivity contribution < 1.29 is 0 Å². The largest absolute Gasteiger partial charge is 0.358 e. The molecule has 2 N–H and O–H groups in total. The van der Waals surface area contributed by atoms with Crippen molar-refractivity contribution in [3.8, 4) is 0 Å². The molecule has 2 aromatic heterocycles. The maximum Gasteiger partial charge on any atom is 0.172 e. The van der Waals surface area contributed by atoms with Gasteiger partial charge in [-0.05, 0) is 31.6 Å². The van der Waals surface area contributed by atoms with E-state index in [0.29, 0.717) is 11.7 Å². The second-order valence-corrected chi connectivity index (χ2v) is 6.23. The number of benzene rings is 1. The summed E-state index contributed by atoms with van der Waals surface area (Å²) in [6.45, 7) is 6.34. The molecule has 0 saturated heterocycles. The average Bonchev–Trinajstić information content (AvgIpc) is 3.21. The summed E-state index contributed by atoms with van der Waals surface area (Å²) in [6.07, 6.45) is 3.85. The molecule has 2 heterocycles. The number of aryl methyl sites for hydroxylation is 2. The van der Waals surface area contributed by atoms with Crippen molar-refractivity contribution >= 4 is 23.1 Å². The highest BCUT2D eigenvalue weighted by Gasteiger charge is 2.07. The molecule has 3 aromatic rings. The van der Waals surface area contributed by atoms with Crippen LogP contribution < -0.4 is 10.6 Å². The molecule has 0 spiro atoms. The Morgan fingerprint density at radius 3 is 2.72 bits per heavy atom. The van der Waals surface area contributed by atoms with Crippen LogP contribution in [-0.2, 0) is 19.6 Å². The first-order valence-electron chi connectivity index (χ1n) is 8.28. The summed E-state index contributed by atoms with van der Waals surface area (Å²) in [4.78, 5) is 0. The van der Waals surface area contributed by atoms with Crippen LogP contribution in [0.25, 0.3) is 0 Å². The van der Waals surface area contributed by atoms with Crippen LogP contribution in [0.4, 0.5) is 5.82 Å². The number of nitrogens with zero attached hydrogens (tertiary/aromatic N) is 4. The van der Waals surface area contributed by atoms with Gasteiger partial charge in [-0.1, -0.05) is 30.3 Å². The van der Waals surface area contributed by atoms with Gasteiger partial charge in [-0.25, -0.2) is 0 Å². The van der Waals surface area contributed by atoms with Gasteiger partial charge in [0.15, 0.2) is 10.9 Å². The third kappa shape index (κ3) is 4.67. The molecule has 25 heavy (non-hydrogen) atoms. The highest BCUT2D eigenvalue weighted by molar-refractivity contribution is 7.80. The van der Waals surface area contributed by atoms with Crippen LogP contribution in [0.1, 0.15) is 23.7 Å². The van der Waals surface area contributed by atoms with Gasteiger partial charge in [0.1, 0.15) is 0 Å². The first kappa shape index (κ1) is 17.2. The van der Waals surface area contributed by atoms with Gasteiger partial charge < -0.3 is 10.6 Å². The van der Waals surface area contributed by atoms with Gasteiger partial charge in [0.25, 0.3) is 0 Å². The van der Waals surface area contributed by atoms with Crippen molar-refractivity contribution in [3.05, 3.63) is 65.6 Å². The SMILES string of the molecule is CCn1cc(CNC(=S)Nc2cc(C)n(Cc3ccccc3)n2)cn1. The van der Waals surface area contributed by atoms with Crippen molar-refractivity contribution in [2.45, 2.75) is 33.5 Å². The molecule has 0 radical (unpaired) electrons. The third-order valence-corrected chi connectivity index (χ3v) is 4.11. The number of hydrogen-bond acceptors (Lipinski definition) is 3. The summed E-state index contributed by atoms with van der Waals surface area (Å²) < 4.78 is 3.85. The molecular formula is C18H22N6S. The second kappa shape index (κ2) is 7.94. The molecule has 7 heteroatoms. The fourth-order valence-corrected chi connectivity index (χ4v) is 2.68. The van der Waals surface area contributed by atoms with E-state index in [0.717, 1.165) is 30.2 Å². The molecule has 130 valence electrons. The molecule has 1 aromatic carbocycles. The lowest BCUT2D eigenvalue weighted by atomic mass is 10.2. The van der Waals surface area contributed by atoms with E-state index >= 15 is 0 Å². The zero-order valence-corrected chi connectivity index (χ0v) is 15.3. The van der Waals surface area contributed by atoms with Gasteiger partial charge in [0.05, 0.1) is 12.7 Å². The molecule has 0 amide bonds. The number of thiocarbonyl (C=S) groups is 1. The maximum atomic E-state index is 5.35. The molecular weight excluding hydrogens is 332 g/mol. The Morgan fingerprint density at radius 1 is 1.20 bits per heavy atom. The van der Waals surface area contributed by atoms with E-state index in [-0.39, 0.29) is 0 Å². The molecule has 0 bridgehead atoms. The Bertz CT molecular complexity index is 836. The summed E-state index contributed by atoms with van der Waals surface area (Å²) in [5, 5.41) is 15.7. The Morgan fingerprint density at radius 2 is 2.00 bits per heavy atom. The number of nitrogens with one attached hydrogen (secondary N) is 2. The Kier molecular flexibility index (Phi) is 5.45. The highest BCUT2D eigenvalue weighted by Crippen LogP contribution is 2.11. The predicted octanol–water partition coefficient (Wildman–Crippen LogP) is 2.94. The monoisotopic (exact) mass is 354 g/mol. The van der Waals surface area contributed by atoms with Crippen LogP contribution in [0, 0.1) is 6.92 Å². The molecule has 6 nitrogen and oxygen atoms in total. The number of aromatic nitrogens is 4. The fourth-order valence-electron chi connectivity index (χ4n) is 2.50. The quantitative estimate of drug-likeness (QED) is 0.667. The molecule has 0 unspecified atom stereocenters. The van der Waals surface area contributed by atoms with Gasteiger partial charge in [-0.2, -0.15) is 10.2 Å². The normalized spacial score (nSPS) is 10.6. The van der Waals surface area contributed by atoms with Crippen LogP contribution in [0.3, 0.4) is 0 Å². The molecule has 0 atom stereocenters. The number of rotatable bonds is 6. The lowest BCUT2D eigenvalue weighted by Crippen LogP contribution is -2.28. The van der Waals surface area contributed by atoms with Crippen LogP contribution in [-0.4, -0.2) is 24.7 Å². The molecule has 0 aliphatic rings. The Hall–Kier alpha value is -2.67. The van der Waals surface area contributed by atoms with Crippen LogP contribution in [0.2, 0.25) is 0 Å². The Balaban J connectivity index is 1.55. The fraction of sp³-hybridized carbons (Fsp3) is 0.278. The first-order valence-corrected chi connectivity index (χ1v) is 8.69. The smallest absolute Gasteiger partial charge is 0.172 e. The van der Waals surface area contributed by atoms with Crippen molar-refractivity contribution in [1.82, 2.24) is 24.9 Å². The van der Waals surface area contributed by atoms with Crippen molar-refractivity contribution in [3.63, 3.8) is 0 Å². The van der Waals surface area contributed by atoms with Crippen LogP contribution in [0.5, 0.6) is 0 Å². The minimum Gasteiger partial charge on any atom is -0.358 e. The zero-order chi connectivity index (χ0) is 17.6. The summed E-state index contributed by atoms with van der Waals surface area (Å²) in [7, 11) is 0. The lowest BCUT2D eigenvalue weighted by molar-refractivity contribution is 0.659. The second-order valence-electron chi connectivity index (χ2n) is 5.83. The minimum absolute atomic E-state index is 0.550. The number of anilines is 1. The third-order valence-electron chi connectivity index (χ3n) is 3.86. The van der Waals surface area contributed by atoms with Gasteiger partial charge in [0, 0.05) is 36.6 Å². The van der Waals surface area contributed by atoms with Crippen LogP contribution >= 0.6 is 12.2 Å². The lowest BCUT2D eigenvalue weighted by Gasteiger charge is -2.07. The minimum atomic E-state index is 0.550. The van der Waals surface area contributed by atoms with Gasteiger partial charge in [-0.3, -0.25) is 9.36 Å². The summed E-state index contributed by atoms with van der Waals surface area (Å²) in [6, 6.07) is 12.3. The molecule has 0 aliphatic carbocycles. The zero-order valence-electron chi connectivity index (χ0n) is 14.4. The van der Waals surface area contributed by atoms with Crippen molar-refractivity contribution in [2.24, 2.45) is 0 Å². The van der Waals surface area contributed by atoms with E-state index in [1.807, 2.05) is 52.9 Å². The summed E-state index contributed by atoms with van der Waals surface area (Å²) >= 11 is 5.35. The van der Waals surface area contributed by atoms with E-state index in [9.17, 15) is 0 Å². The maximum absolute atomic E-state index is 5.35.